The van der Waals surface area contributed by atoms with Gasteiger partial charge in [-0.15, -0.1) is 0 Å². The molecule has 3 rings (SSSR count). The summed E-state index contributed by atoms with van der Waals surface area (Å²) in [5.74, 6) is 1.37. The molecular formula is C20H23IN2O3. The molecule has 0 saturated carbocycles. The first kappa shape index (κ1) is 18.9. The van der Waals surface area contributed by atoms with Gasteiger partial charge in [-0.05, 0) is 59.5 Å². The van der Waals surface area contributed by atoms with Crippen LogP contribution in [0.15, 0.2) is 34.7 Å². The minimum atomic E-state index is -0.242. The Kier molecular flexibility index (Phi) is 5.41. The van der Waals surface area contributed by atoms with Crippen molar-refractivity contribution < 1.29 is 14.0 Å². The van der Waals surface area contributed by atoms with Crippen LogP contribution in [0, 0.1) is 15.9 Å². The molecule has 2 aromatic rings. The number of furan rings is 1. The maximum Gasteiger partial charge on any atom is 0.252 e. The molecule has 1 heterocycles. The lowest BCUT2D eigenvalue weighted by Gasteiger charge is -2.34. The van der Waals surface area contributed by atoms with Gasteiger partial charge < -0.3 is 15.1 Å². The zero-order valence-corrected chi connectivity index (χ0v) is 17.3. The number of hydrogen-bond acceptors (Lipinski definition) is 3. The summed E-state index contributed by atoms with van der Waals surface area (Å²) in [5.41, 5.74) is 1.69. The molecule has 2 amide bonds. The van der Waals surface area contributed by atoms with E-state index in [2.05, 4.69) is 47.1 Å². The SMILES string of the molecule is Cc1cc2c(o1)CC(C)(C)CC2NC(=O)CNC(=O)c1ccccc1I. The highest BCUT2D eigenvalue weighted by Crippen LogP contribution is 2.41. The van der Waals surface area contributed by atoms with Crippen molar-refractivity contribution in [2.24, 2.45) is 5.41 Å². The molecule has 1 unspecified atom stereocenters. The molecule has 0 bridgehead atoms. The number of aryl methyl sites for hydroxylation is 1. The Labute approximate surface area is 167 Å². The third-order valence-corrected chi connectivity index (χ3v) is 5.54. The van der Waals surface area contributed by atoms with Gasteiger partial charge in [0.25, 0.3) is 5.91 Å². The minimum Gasteiger partial charge on any atom is -0.466 e. The maximum atomic E-state index is 12.4. The van der Waals surface area contributed by atoms with Crippen LogP contribution in [-0.2, 0) is 11.2 Å². The number of rotatable bonds is 4. The van der Waals surface area contributed by atoms with Gasteiger partial charge in [-0.25, -0.2) is 0 Å². The monoisotopic (exact) mass is 466 g/mol. The normalized spacial score (nSPS) is 18.1. The number of nitrogens with one attached hydrogen (secondary N) is 2. The molecule has 1 aliphatic carbocycles. The molecule has 0 aliphatic heterocycles. The summed E-state index contributed by atoms with van der Waals surface area (Å²) >= 11 is 2.11. The zero-order chi connectivity index (χ0) is 18.9. The molecule has 2 N–H and O–H groups in total. The van der Waals surface area contributed by atoms with Crippen LogP contribution in [0.2, 0.25) is 0 Å². The molecule has 5 nitrogen and oxygen atoms in total. The molecule has 26 heavy (non-hydrogen) atoms. The summed E-state index contributed by atoms with van der Waals surface area (Å²) in [6, 6.07) is 9.21. The number of hydrogen-bond donors (Lipinski definition) is 2. The molecule has 1 aliphatic rings. The van der Waals surface area contributed by atoms with E-state index >= 15 is 0 Å². The van der Waals surface area contributed by atoms with E-state index in [-0.39, 0.29) is 29.8 Å². The first-order valence-corrected chi connectivity index (χ1v) is 9.74. The third-order valence-electron chi connectivity index (χ3n) is 4.60. The Morgan fingerprint density at radius 1 is 1.31 bits per heavy atom. The molecule has 0 saturated heterocycles. The van der Waals surface area contributed by atoms with Crippen LogP contribution >= 0.6 is 22.6 Å². The van der Waals surface area contributed by atoms with E-state index in [0.717, 1.165) is 33.5 Å². The molecular weight excluding hydrogens is 443 g/mol. The number of carbonyl (C=O) groups is 2. The second-order valence-corrected chi connectivity index (χ2v) is 8.73. The lowest BCUT2D eigenvalue weighted by atomic mass is 9.74. The smallest absolute Gasteiger partial charge is 0.252 e. The highest BCUT2D eigenvalue weighted by Gasteiger charge is 2.35. The number of amides is 2. The van der Waals surface area contributed by atoms with E-state index < -0.39 is 0 Å². The van der Waals surface area contributed by atoms with Gasteiger partial charge >= 0.3 is 0 Å². The van der Waals surface area contributed by atoms with E-state index in [1.165, 1.54) is 0 Å². The van der Waals surface area contributed by atoms with Gasteiger partial charge in [0.1, 0.15) is 11.5 Å². The molecule has 6 heteroatoms. The van der Waals surface area contributed by atoms with Crippen LogP contribution in [0.25, 0.3) is 0 Å². The number of benzene rings is 1. The summed E-state index contributed by atoms with van der Waals surface area (Å²) in [4.78, 5) is 24.7. The van der Waals surface area contributed by atoms with Crippen LogP contribution in [0.5, 0.6) is 0 Å². The number of halogens is 1. The molecule has 0 radical (unpaired) electrons. The first-order valence-electron chi connectivity index (χ1n) is 8.66. The summed E-state index contributed by atoms with van der Waals surface area (Å²) in [7, 11) is 0. The Hall–Kier alpha value is -1.83. The highest BCUT2D eigenvalue weighted by molar-refractivity contribution is 14.1. The van der Waals surface area contributed by atoms with Crippen LogP contribution in [0.1, 0.15) is 53.8 Å². The maximum absolute atomic E-state index is 12.4. The largest absolute Gasteiger partial charge is 0.466 e. The Morgan fingerprint density at radius 2 is 2.04 bits per heavy atom. The predicted molar refractivity (Wildman–Crippen MR) is 108 cm³/mol. The van der Waals surface area contributed by atoms with E-state index in [4.69, 9.17) is 4.42 Å². The second-order valence-electron chi connectivity index (χ2n) is 7.56. The van der Waals surface area contributed by atoms with Crippen LogP contribution in [0.4, 0.5) is 0 Å². The topological polar surface area (TPSA) is 71.3 Å². The molecule has 138 valence electrons. The molecule has 1 aromatic heterocycles. The van der Waals surface area contributed by atoms with Gasteiger partial charge in [-0.2, -0.15) is 0 Å². The van der Waals surface area contributed by atoms with Crippen LogP contribution in [-0.4, -0.2) is 18.4 Å². The van der Waals surface area contributed by atoms with Crippen LogP contribution < -0.4 is 10.6 Å². The lowest BCUT2D eigenvalue weighted by Crippen LogP contribution is -2.41. The third kappa shape index (κ3) is 4.28. The zero-order valence-electron chi connectivity index (χ0n) is 15.2. The fraction of sp³-hybridized carbons (Fsp3) is 0.400. The van der Waals surface area contributed by atoms with Gasteiger partial charge in [0.05, 0.1) is 18.2 Å². The lowest BCUT2D eigenvalue weighted by molar-refractivity contribution is -0.121. The minimum absolute atomic E-state index is 0.0487. The summed E-state index contributed by atoms with van der Waals surface area (Å²) < 4.78 is 6.66. The van der Waals surface area contributed by atoms with Gasteiger partial charge in [-0.1, -0.05) is 26.0 Å². The predicted octanol–water partition coefficient (Wildman–Crippen LogP) is 3.75. The van der Waals surface area contributed by atoms with Gasteiger partial charge in [0, 0.05) is 15.6 Å². The van der Waals surface area contributed by atoms with E-state index in [1.807, 2.05) is 31.2 Å². The van der Waals surface area contributed by atoms with Crippen molar-refractivity contribution in [2.75, 3.05) is 6.54 Å². The van der Waals surface area contributed by atoms with Crippen molar-refractivity contribution in [3.05, 3.63) is 56.5 Å². The molecule has 0 fully saturated rings. The quantitative estimate of drug-likeness (QED) is 0.675. The average Bonchev–Trinajstić information content (AvgIpc) is 2.92. The van der Waals surface area contributed by atoms with Crippen molar-refractivity contribution in [3.8, 4) is 0 Å². The van der Waals surface area contributed by atoms with Crippen molar-refractivity contribution >= 4 is 34.4 Å². The van der Waals surface area contributed by atoms with Gasteiger partial charge in [0.2, 0.25) is 5.91 Å². The first-order chi connectivity index (χ1) is 12.2. The van der Waals surface area contributed by atoms with E-state index in [1.54, 1.807) is 6.07 Å². The van der Waals surface area contributed by atoms with Crippen molar-refractivity contribution in [1.82, 2.24) is 10.6 Å². The number of carbonyl (C=O) groups excluding carboxylic acids is 2. The average molecular weight is 466 g/mol. The fourth-order valence-corrected chi connectivity index (χ4v) is 4.09. The van der Waals surface area contributed by atoms with Gasteiger partial charge in [-0.3, -0.25) is 9.59 Å². The van der Waals surface area contributed by atoms with Crippen molar-refractivity contribution in [1.29, 1.82) is 0 Å². The molecule has 0 spiro atoms. The Balaban J connectivity index is 1.63. The van der Waals surface area contributed by atoms with Crippen molar-refractivity contribution in [3.63, 3.8) is 0 Å². The summed E-state index contributed by atoms with van der Waals surface area (Å²) in [6.07, 6.45) is 1.71. The second kappa shape index (κ2) is 7.42. The summed E-state index contributed by atoms with van der Waals surface area (Å²) in [6.45, 7) is 6.22. The Morgan fingerprint density at radius 3 is 2.77 bits per heavy atom. The summed E-state index contributed by atoms with van der Waals surface area (Å²) in [5, 5.41) is 5.75. The van der Waals surface area contributed by atoms with E-state index in [0.29, 0.717) is 5.56 Å². The highest BCUT2D eigenvalue weighted by atomic mass is 127. The Bertz CT molecular complexity index is 841. The van der Waals surface area contributed by atoms with Gasteiger partial charge in [0.15, 0.2) is 0 Å². The fourth-order valence-electron chi connectivity index (χ4n) is 3.46. The van der Waals surface area contributed by atoms with E-state index in [9.17, 15) is 9.59 Å². The van der Waals surface area contributed by atoms with Crippen molar-refractivity contribution in [2.45, 2.75) is 39.7 Å². The molecule has 1 aromatic carbocycles. The number of fused-ring (bicyclic) bond motifs is 1. The standard InChI is InChI=1S/C20H23IN2O3/c1-12-8-14-16(9-20(2,3)10-17(14)26-12)23-18(24)11-22-19(25)13-6-4-5-7-15(13)21/h4-8,16H,9-11H2,1-3H3,(H,22,25)(H,23,24). The molecule has 1 atom stereocenters. The van der Waals surface area contributed by atoms with Crippen LogP contribution in [0.3, 0.4) is 0 Å².